The van der Waals surface area contributed by atoms with Gasteiger partial charge in [-0.3, -0.25) is 19.5 Å². The van der Waals surface area contributed by atoms with Crippen molar-refractivity contribution in [3.63, 3.8) is 0 Å². The summed E-state index contributed by atoms with van der Waals surface area (Å²) < 4.78 is 0. The van der Waals surface area contributed by atoms with E-state index in [9.17, 15) is 9.59 Å². The highest BCUT2D eigenvalue weighted by Gasteiger charge is 2.37. The number of benzene rings is 1. The molecule has 2 aromatic rings. The average Bonchev–Trinajstić information content (AvgIpc) is 3.34. The van der Waals surface area contributed by atoms with Gasteiger partial charge in [0.15, 0.2) is 0 Å². The molecule has 1 N–H and O–H groups in total. The van der Waals surface area contributed by atoms with Crippen LogP contribution in [0.15, 0.2) is 54.9 Å². The van der Waals surface area contributed by atoms with Crippen molar-refractivity contribution < 1.29 is 9.59 Å². The van der Waals surface area contributed by atoms with E-state index < -0.39 is 0 Å². The Balaban J connectivity index is 1.34. The molecule has 6 nitrogen and oxygen atoms in total. The van der Waals surface area contributed by atoms with E-state index >= 15 is 0 Å². The van der Waals surface area contributed by atoms with Gasteiger partial charge >= 0.3 is 0 Å². The van der Waals surface area contributed by atoms with Crippen molar-refractivity contribution >= 4 is 11.8 Å². The summed E-state index contributed by atoms with van der Waals surface area (Å²) in [5, 5.41) is 3.15. The molecule has 1 aliphatic heterocycles. The van der Waals surface area contributed by atoms with Gasteiger partial charge in [-0.2, -0.15) is 0 Å². The maximum atomic E-state index is 13.2. The molecule has 1 saturated carbocycles. The summed E-state index contributed by atoms with van der Waals surface area (Å²) in [6, 6.07) is 13.7. The largest absolute Gasteiger partial charge is 0.351 e. The molecule has 2 fully saturated rings. The monoisotopic (exact) mass is 420 g/mol. The first-order valence-electron chi connectivity index (χ1n) is 11.4. The normalized spacial score (nSPS) is 18.6. The summed E-state index contributed by atoms with van der Waals surface area (Å²) in [6.45, 7) is 3.41. The van der Waals surface area contributed by atoms with Gasteiger partial charge in [-0.1, -0.05) is 43.2 Å². The zero-order valence-corrected chi connectivity index (χ0v) is 18.1. The zero-order chi connectivity index (χ0) is 21.5. The minimum absolute atomic E-state index is 0.101. The van der Waals surface area contributed by atoms with Crippen molar-refractivity contribution in [1.29, 1.82) is 0 Å². The number of hydrogen-bond donors (Lipinski definition) is 1. The van der Waals surface area contributed by atoms with Crippen LogP contribution >= 0.6 is 0 Å². The van der Waals surface area contributed by atoms with E-state index in [4.69, 9.17) is 0 Å². The quantitative estimate of drug-likeness (QED) is 0.748. The van der Waals surface area contributed by atoms with Crippen LogP contribution < -0.4 is 5.32 Å². The molecule has 1 aromatic carbocycles. The molecule has 2 heterocycles. The van der Waals surface area contributed by atoms with E-state index in [-0.39, 0.29) is 17.9 Å². The van der Waals surface area contributed by atoms with Gasteiger partial charge in [-0.15, -0.1) is 0 Å². The molecule has 6 heteroatoms. The Morgan fingerprint density at radius 3 is 2.29 bits per heavy atom. The molecule has 4 rings (SSSR count). The number of carbonyl (C=O) groups is 2. The molecule has 2 aliphatic rings. The number of amides is 2. The Labute approximate surface area is 184 Å². The SMILES string of the molecule is O=C(NCc1ccncc1)C(C1CCCC1)N1CCN(C(=O)Cc2ccccc2)CC1. The van der Waals surface area contributed by atoms with E-state index in [2.05, 4.69) is 15.2 Å². The summed E-state index contributed by atoms with van der Waals surface area (Å²) >= 11 is 0. The summed E-state index contributed by atoms with van der Waals surface area (Å²) in [7, 11) is 0. The highest BCUT2D eigenvalue weighted by Crippen LogP contribution is 2.31. The fourth-order valence-corrected chi connectivity index (χ4v) is 4.88. The molecule has 0 bridgehead atoms. The highest BCUT2D eigenvalue weighted by molar-refractivity contribution is 5.82. The van der Waals surface area contributed by atoms with E-state index in [1.54, 1.807) is 12.4 Å². The molecular weight excluding hydrogens is 388 g/mol. The Bertz CT molecular complexity index is 844. The van der Waals surface area contributed by atoms with Gasteiger partial charge in [0.2, 0.25) is 11.8 Å². The van der Waals surface area contributed by atoms with Crippen LogP contribution in [0.5, 0.6) is 0 Å². The summed E-state index contributed by atoms with van der Waals surface area (Å²) in [4.78, 5) is 34.2. The van der Waals surface area contributed by atoms with Gasteiger partial charge in [0.05, 0.1) is 12.5 Å². The number of carbonyl (C=O) groups excluding carboxylic acids is 2. The third-order valence-corrected chi connectivity index (χ3v) is 6.59. The van der Waals surface area contributed by atoms with E-state index in [0.717, 1.165) is 37.1 Å². The molecule has 1 aliphatic carbocycles. The minimum atomic E-state index is -0.101. The number of hydrogen-bond acceptors (Lipinski definition) is 4. The van der Waals surface area contributed by atoms with Crippen LogP contribution in [0.1, 0.15) is 36.8 Å². The lowest BCUT2D eigenvalue weighted by Crippen LogP contribution is -2.58. The average molecular weight is 421 g/mol. The number of rotatable bonds is 7. The Morgan fingerprint density at radius 1 is 0.935 bits per heavy atom. The van der Waals surface area contributed by atoms with Gasteiger partial charge in [0.25, 0.3) is 0 Å². The second-order valence-electron chi connectivity index (χ2n) is 8.64. The number of pyridine rings is 1. The smallest absolute Gasteiger partial charge is 0.237 e. The summed E-state index contributed by atoms with van der Waals surface area (Å²) in [6.07, 6.45) is 8.58. The molecule has 0 spiro atoms. The van der Waals surface area contributed by atoms with Crippen LogP contribution in [0.2, 0.25) is 0 Å². The molecule has 2 amide bonds. The van der Waals surface area contributed by atoms with Crippen molar-refractivity contribution in [2.24, 2.45) is 5.92 Å². The van der Waals surface area contributed by atoms with Crippen molar-refractivity contribution in [2.75, 3.05) is 26.2 Å². The lowest BCUT2D eigenvalue weighted by atomic mass is 9.95. The first-order valence-corrected chi connectivity index (χ1v) is 11.4. The Kier molecular flexibility index (Phi) is 7.30. The molecule has 164 valence electrons. The van der Waals surface area contributed by atoms with E-state index in [0.29, 0.717) is 32.0 Å². The maximum absolute atomic E-state index is 13.2. The van der Waals surface area contributed by atoms with Crippen LogP contribution in [0.25, 0.3) is 0 Å². The Hall–Kier alpha value is -2.73. The topological polar surface area (TPSA) is 65.5 Å². The maximum Gasteiger partial charge on any atom is 0.237 e. The number of aromatic nitrogens is 1. The molecule has 1 unspecified atom stereocenters. The molecule has 31 heavy (non-hydrogen) atoms. The molecule has 1 atom stereocenters. The van der Waals surface area contributed by atoms with E-state index in [1.165, 1.54) is 12.8 Å². The van der Waals surface area contributed by atoms with Crippen LogP contribution in [0, 0.1) is 5.92 Å². The fourth-order valence-electron chi connectivity index (χ4n) is 4.88. The summed E-state index contributed by atoms with van der Waals surface area (Å²) in [5.74, 6) is 0.696. The lowest BCUT2D eigenvalue weighted by Gasteiger charge is -2.40. The van der Waals surface area contributed by atoms with E-state index in [1.807, 2.05) is 47.4 Å². The molecule has 1 aromatic heterocycles. The molecule has 1 saturated heterocycles. The Morgan fingerprint density at radius 2 is 1.61 bits per heavy atom. The van der Waals surface area contributed by atoms with Gasteiger partial charge in [0.1, 0.15) is 0 Å². The highest BCUT2D eigenvalue weighted by atomic mass is 16.2. The first-order chi connectivity index (χ1) is 15.2. The molecule has 0 radical (unpaired) electrons. The predicted molar refractivity (Wildman–Crippen MR) is 120 cm³/mol. The van der Waals surface area contributed by atoms with Crippen LogP contribution in [-0.4, -0.2) is 58.8 Å². The summed E-state index contributed by atoms with van der Waals surface area (Å²) in [5.41, 5.74) is 2.11. The fraction of sp³-hybridized carbons (Fsp3) is 0.480. The number of nitrogens with zero attached hydrogens (tertiary/aromatic N) is 3. The van der Waals surface area contributed by atoms with Crippen LogP contribution in [-0.2, 0) is 22.6 Å². The van der Waals surface area contributed by atoms with Crippen LogP contribution in [0.4, 0.5) is 0 Å². The second kappa shape index (κ2) is 10.5. The first kappa shape index (κ1) is 21.5. The van der Waals surface area contributed by atoms with Gasteiger partial charge < -0.3 is 10.2 Å². The number of nitrogens with one attached hydrogen (secondary N) is 1. The van der Waals surface area contributed by atoms with Gasteiger partial charge in [0, 0.05) is 45.1 Å². The standard InChI is InChI=1S/C25H32N4O2/c30-23(18-20-6-2-1-3-7-20)28-14-16-29(17-15-28)24(22-8-4-5-9-22)25(31)27-19-21-10-12-26-13-11-21/h1-3,6-7,10-13,22,24H,4-5,8-9,14-19H2,(H,27,31). The van der Waals surface area contributed by atoms with Crippen LogP contribution in [0.3, 0.4) is 0 Å². The molecular formula is C25H32N4O2. The third kappa shape index (κ3) is 5.70. The van der Waals surface area contributed by atoms with Crippen molar-refractivity contribution in [2.45, 2.75) is 44.7 Å². The van der Waals surface area contributed by atoms with Gasteiger partial charge in [-0.25, -0.2) is 0 Å². The second-order valence-corrected chi connectivity index (χ2v) is 8.64. The van der Waals surface area contributed by atoms with Crippen molar-refractivity contribution in [3.05, 3.63) is 66.0 Å². The lowest BCUT2D eigenvalue weighted by molar-refractivity contribution is -0.134. The third-order valence-electron chi connectivity index (χ3n) is 6.59. The number of piperazine rings is 1. The zero-order valence-electron chi connectivity index (χ0n) is 18.1. The predicted octanol–water partition coefficient (Wildman–Crippen LogP) is 2.64. The van der Waals surface area contributed by atoms with Crippen molar-refractivity contribution in [1.82, 2.24) is 20.1 Å². The van der Waals surface area contributed by atoms with Gasteiger partial charge in [-0.05, 0) is 42.0 Å². The minimum Gasteiger partial charge on any atom is -0.351 e. The van der Waals surface area contributed by atoms with Crippen molar-refractivity contribution in [3.8, 4) is 0 Å².